The highest BCUT2D eigenvalue weighted by atomic mass is 35.5. The molecule has 1 aromatic heterocycles. The van der Waals surface area contributed by atoms with Crippen LogP contribution < -0.4 is 10.0 Å². The van der Waals surface area contributed by atoms with Crippen molar-refractivity contribution in [2.24, 2.45) is 0 Å². The number of carbonyl (C=O) groups excluding carboxylic acids is 1. The third-order valence-electron chi connectivity index (χ3n) is 3.50. The number of nitrogens with one attached hydrogen (secondary N) is 2. The van der Waals surface area contributed by atoms with Crippen LogP contribution in [0.2, 0.25) is 0 Å². The maximum atomic E-state index is 12.6. The first kappa shape index (κ1) is 19.4. The molecule has 1 fully saturated rings. The Labute approximate surface area is 141 Å². The minimum Gasteiger partial charge on any atom is -0.465 e. The first-order chi connectivity index (χ1) is 9.85. The molecule has 0 aromatic carbocycles. The zero-order valence-corrected chi connectivity index (χ0v) is 15.2. The van der Waals surface area contributed by atoms with Crippen LogP contribution >= 0.6 is 23.7 Å². The van der Waals surface area contributed by atoms with Gasteiger partial charge in [-0.15, -0.1) is 23.7 Å². The molecular weight excluding hydrogens is 348 g/mol. The van der Waals surface area contributed by atoms with Crippen LogP contribution in [0.15, 0.2) is 10.3 Å². The van der Waals surface area contributed by atoms with Crippen LogP contribution in [0.4, 0.5) is 0 Å². The first-order valence-corrected chi connectivity index (χ1v) is 9.13. The number of esters is 1. The van der Waals surface area contributed by atoms with Crippen molar-refractivity contribution in [1.82, 2.24) is 10.0 Å². The second-order valence-corrected chi connectivity index (χ2v) is 7.80. The van der Waals surface area contributed by atoms with Gasteiger partial charge in [0.1, 0.15) is 9.77 Å². The summed E-state index contributed by atoms with van der Waals surface area (Å²) in [6.45, 7) is 4.49. The average Bonchev–Trinajstić information content (AvgIpc) is 2.80. The van der Waals surface area contributed by atoms with Crippen LogP contribution in [0.25, 0.3) is 0 Å². The number of ether oxygens (including phenoxy) is 1. The number of rotatable bonds is 4. The van der Waals surface area contributed by atoms with Crippen LogP contribution in [0.3, 0.4) is 0 Å². The van der Waals surface area contributed by atoms with Gasteiger partial charge in [-0.25, -0.2) is 17.9 Å². The molecule has 2 heterocycles. The molecule has 0 saturated carbocycles. The number of halogens is 1. The Balaban J connectivity index is 0.00000242. The fourth-order valence-corrected chi connectivity index (χ4v) is 5.51. The molecule has 6 nitrogen and oxygen atoms in total. The molecule has 0 spiro atoms. The number of hydrogen-bond acceptors (Lipinski definition) is 6. The van der Waals surface area contributed by atoms with Crippen molar-refractivity contribution in [2.45, 2.75) is 43.7 Å². The molecule has 22 heavy (non-hydrogen) atoms. The summed E-state index contributed by atoms with van der Waals surface area (Å²) in [5.74, 6) is -0.618. The Hall–Kier alpha value is -0.670. The molecule has 126 valence electrons. The molecule has 9 heteroatoms. The van der Waals surface area contributed by atoms with Gasteiger partial charge in [-0.2, -0.15) is 0 Å². The molecule has 1 aliphatic heterocycles. The minimum atomic E-state index is -3.72. The summed E-state index contributed by atoms with van der Waals surface area (Å²) >= 11 is 1.09. The normalized spacial score (nSPS) is 22.0. The molecule has 2 rings (SSSR count). The van der Waals surface area contributed by atoms with E-state index >= 15 is 0 Å². The van der Waals surface area contributed by atoms with Gasteiger partial charge in [-0.05, 0) is 44.2 Å². The number of carbonyl (C=O) groups is 1. The molecule has 1 saturated heterocycles. The Kier molecular flexibility index (Phi) is 6.82. The van der Waals surface area contributed by atoms with Gasteiger partial charge in [-0.3, -0.25) is 0 Å². The molecule has 1 aliphatic rings. The van der Waals surface area contributed by atoms with E-state index in [-0.39, 0.29) is 34.3 Å². The van der Waals surface area contributed by atoms with E-state index in [1.807, 2.05) is 6.92 Å². The fourth-order valence-electron chi connectivity index (χ4n) is 2.52. The summed E-state index contributed by atoms with van der Waals surface area (Å²) in [6.07, 6.45) is 1.47. The highest BCUT2D eigenvalue weighted by Gasteiger charge is 2.30. The lowest BCUT2D eigenvalue weighted by molar-refractivity contribution is 0.0602. The van der Waals surface area contributed by atoms with Crippen LogP contribution in [0, 0.1) is 6.92 Å². The number of sulfonamides is 1. The second kappa shape index (κ2) is 7.74. The summed E-state index contributed by atoms with van der Waals surface area (Å²) < 4.78 is 32.6. The summed E-state index contributed by atoms with van der Waals surface area (Å²) in [4.78, 5) is 11.9. The van der Waals surface area contributed by atoms with Crippen molar-refractivity contribution in [3.05, 3.63) is 15.8 Å². The molecule has 1 aromatic rings. The van der Waals surface area contributed by atoms with E-state index in [9.17, 15) is 13.2 Å². The summed E-state index contributed by atoms with van der Waals surface area (Å²) in [5, 5.41) is 4.93. The maximum Gasteiger partial charge on any atom is 0.349 e. The van der Waals surface area contributed by atoms with E-state index in [0.717, 1.165) is 30.7 Å². The molecule has 0 amide bonds. The van der Waals surface area contributed by atoms with E-state index in [0.29, 0.717) is 5.56 Å². The van der Waals surface area contributed by atoms with Crippen molar-refractivity contribution < 1.29 is 17.9 Å². The zero-order valence-electron chi connectivity index (χ0n) is 12.7. The van der Waals surface area contributed by atoms with Gasteiger partial charge in [0.25, 0.3) is 0 Å². The summed E-state index contributed by atoms with van der Waals surface area (Å²) in [7, 11) is -2.48. The maximum absolute atomic E-state index is 12.6. The van der Waals surface area contributed by atoms with Crippen LogP contribution in [-0.2, 0) is 14.8 Å². The van der Waals surface area contributed by atoms with Gasteiger partial charge in [0.2, 0.25) is 10.0 Å². The minimum absolute atomic E-state index is 0. The van der Waals surface area contributed by atoms with Gasteiger partial charge < -0.3 is 10.1 Å². The Morgan fingerprint density at radius 3 is 2.77 bits per heavy atom. The molecule has 2 unspecified atom stereocenters. The van der Waals surface area contributed by atoms with E-state index in [1.54, 1.807) is 12.3 Å². The van der Waals surface area contributed by atoms with Crippen LogP contribution in [-0.4, -0.2) is 40.1 Å². The van der Waals surface area contributed by atoms with Gasteiger partial charge in [-0.1, -0.05) is 0 Å². The second-order valence-electron chi connectivity index (χ2n) is 5.27. The lowest BCUT2D eigenvalue weighted by Gasteiger charge is -2.28. The van der Waals surface area contributed by atoms with Crippen molar-refractivity contribution in [3.8, 4) is 0 Å². The third-order valence-corrected chi connectivity index (χ3v) is 6.42. The van der Waals surface area contributed by atoms with Crippen LogP contribution in [0.5, 0.6) is 0 Å². The van der Waals surface area contributed by atoms with Crippen molar-refractivity contribution in [3.63, 3.8) is 0 Å². The van der Waals surface area contributed by atoms with E-state index in [1.165, 1.54) is 7.11 Å². The molecule has 2 N–H and O–H groups in total. The van der Waals surface area contributed by atoms with Gasteiger partial charge >= 0.3 is 5.97 Å². The van der Waals surface area contributed by atoms with E-state index in [4.69, 9.17) is 0 Å². The number of piperidine rings is 1. The zero-order chi connectivity index (χ0) is 15.6. The molecule has 2 atom stereocenters. The SMILES string of the molecule is COC(=O)c1scc(C)c1S(=O)(=O)NC1CCNC(C)C1.Cl. The van der Waals surface area contributed by atoms with Crippen molar-refractivity contribution in [2.75, 3.05) is 13.7 Å². The highest BCUT2D eigenvalue weighted by Crippen LogP contribution is 2.28. The Bertz CT molecular complexity index is 630. The van der Waals surface area contributed by atoms with Crippen molar-refractivity contribution in [1.29, 1.82) is 0 Å². The quantitative estimate of drug-likeness (QED) is 0.790. The molecular formula is C13H21ClN2O4S2. The fraction of sp³-hybridized carbons (Fsp3) is 0.615. The third kappa shape index (κ3) is 4.20. The lowest BCUT2D eigenvalue weighted by Crippen LogP contribution is -2.46. The predicted octanol–water partition coefficient (Wildman–Crippen LogP) is 1.68. The number of hydrogen-bond donors (Lipinski definition) is 2. The Morgan fingerprint density at radius 2 is 2.18 bits per heavy atom. The smallest absolute Gasteiger partial charge is 0.349 e. The number of aryl methyl sites for hydroxylation is 1. The number of thiophene rings is 1. The monoisotopic (exact) mass is 368 g/mol. The van der Waals surface area contributed by atoms with Gasteiger partial charge in [0.05, 0.1) is 7.11 Å². The topological polar surface area (TPSA) is 84.5 Å². The Morgan fingerprint density at radius 1 is 1.50 bits per heavy atom. The van der Waals surface area contributed by atoms with Crippen molar-refractivity contribution >= 4 is 39.7 Å². The molecule has 0 radical (unpaired) electrons. The molecule has 0 aliphatic carbocycles. The van der Waals surface area contributed by atoms with Gasteiger partial charge in [0, 0.05) is 12.1 Å². The number of methoxy groups -OCH3 is 1. The van der Waals surface area contributed by atoms with E-state index in [2.05, 4.69) is 14.8 Å². The first-order valence-electron chi connectivity index (χ1n) is 6.77. The lowest BCUT2D eigenvalue weighted by atomic mass is 10.0. The summed E-state index contributed by atoms with van der Waals surface area (Å²) in [5.41, 5.74) is 0.565. The standard InChI is InChI=1S/C13H20N2O4S2.ClH/c1-8-7-20-11(13(16)19-3)12(8)21(17,18)15-10-4-5-14-9(2)6-10;/h7,9-10,14-15H,4-6H2,1-3H3;1H. The summed E-state index contributed by atoms with van der Waals surface area (Å²) in [6, 6.07) is 0.158. The van der Waals surface area contributed by atoms with E-state index < -0.39 is 16.0 Å². The van der Waals surface area contributed by atoms with Gasteiger partial charge in [0.15, 0.2) is 0 Å². The highest BCUT2D eigenvalue weighted by molar-refractivity contribution is 7.89. The predicted molar refractivity (Wildman–Crippen MR) is 88.5 cm³/mol. The largest absolute Gasteiger partial charge is 0.465 e. The van der Waals surface area contributed by atoms with Crippen LogP contribution in [0.1, 0.15) is 35.0 Å². The average molecular weight is 369 g/mol. The molecule has 0 bridgehead atoms.